The van der Waals surface area contributed by atoms with Crippen molar-refractivity contribution in [3.05, 3.63) is 53.8 Å². The van der Waals surface area contributed by atoms with Gasteiger partial charge in [0.1, 0.15) is 24.0 Å². The van der Waals surface area contributed by atoms with Gasteiger partial charge in [0.2, 0.25) is 5.79 Å². The minimum Gasteiger partial charge on any atom is -0.456 e. The predicted octanol–water partition coefficient (Wildman–Crippen LogP) is 6.08. The number of carbonyl (C=O) groups is 4. The van der Waals surface area contributed by atoms with Crippen LogP contribution in [0.2, 0.25) is 0 Å². The number of allylic oxidation sites excluding steroid dienone is 2. The summed E-state index contributed by atoms with van der Waals surface area (Å²) in [6.45, 7) is 10.8. The van der Waals surface area contributed by atoms with E-state index in [0.717, 1.165) is 29.4 Å². The van der Waals surface area contributed by atoms with Crippen LogP contribution in [0.4, 0.5) is 5.69 Å². The molecule has 0 radical (unpaired) electrons. The van der Waals surface area contributed by atoms with Crippen molar-refractivity contribution in [3.8, 4) is 0 Å². The Labute approximate surface area is 403 Å². The number of anilines is 1. The molecule has 15 nitrogen and oxygen atoms in total. The lowest BCUT2D eigenvalue weighted by atomic mass is 9.80. The third-order valence-electron chi connectivity index (χ3n) is 15.9. The van der Waals surface area contributed by atoms with Crippen LogP contribution >= 0.6 is 0 Å². The summed E-state index contributed by atoms with van der Waals surface area (Å²) in [6, 6.07) is 7.52. The molecule has 4 heterocycles. The number of aryl methyl sites for hydroxylation is 1. The topological polar surface area (TPSA) is 187 Å². The van der Waals surface area contributed by atoms with Crippen LogP contribution in [-0.2, 0) is 49.9 Å². The average Bonchev–Trinajstić information content (AvgIpc) is 3.71. The lowest BCUT2D eigenvalue weighted by Crippen LogP contribution is -2.64. The number of carbonyl (C=O) groups excluding carboxylic acids is 4. The largest absolute Gasteiger partial charge is 0.456 e. The summed E-state index contributed by atoms with van der Waals surface area (Å²) in [7, 11) is 8.82. The summed E-state index contributed by atoms with van der Waals surface area (Å²) in [5.41, 5.74) is 3.51. The van der Waals surface area contributed by atoms with E-state index in [9.17, 15) is 34.5 Å². The second-order valence-electron chi connectivity index (χ2n) is 20.4. The molecule has 6 rings (SSSR count). The van der Waals surface area contributed by atoms with Crippen LogP contribution < -0.4 is 4.90 Å². The third-order valence-corrected chi connectivity index (χ3v) is 15.9. The van der Waals surface area contributed by atoms with Crippen molar-refractivity contribution in [2.45, 2.75) is 166 Å². The molecule has 1 saturated carbocycles. The summed E-state index contributed by atoms with van der Waals surface area (Å²) in [6.07, 6.45) is 4.34. The molecule has 1 aromatic carbocycles. The molecule has 3 aliphatic heterocycles. The van der Waals surface area contributed by atoms with Crippen LogP contribution in [0.15, 0.2) is 53.8 Å². The molecule has 2 saturated heterocycles. The van der Waals surface area contributed by atoms with Gasteiger partial charge in [-0.2, -0.15) is 0 Å². The Kier molecular flexibility index (Phi) is 17.9. The highest BCUT2D eigenvalue weighted by molar-refractivity contribution is 6.39. The van der Waals surface area contributed by atoms with E-state index in [0.29, 0.717) is 36.8 Å². The van der Waals surface area contributed by atoms with Crippen molar-refractivity contribution in [1.29, 1.82) is 0 Å². The minimum atomic E-state index is -2.57. The fourth-order valence-corrected chi connectivity index (χ4v) is 11.4. The SMILES string of the molecule is CCC1/C=C(\C)C(O)C(C)CC(OC)C2OC(O)(C(=O)C(=O)N3CCCCC3C(=O)OC(C(C)=CC3CCC(N(C)c4ccc5c(ccn5C)c4)C(OC)C3)C(C)C(O)CC1=O)C(C)CC2OC. The molecular weight excluding hydrogens is 871 g/mol. The van der Waals surface area contributed by atoms with E-state index < -0.39 is 89.8 Å². The van der Waals surface area contributed by atoms with Gasteiger partial charge < -0.3 is 53.4 Å². The van der Waals surface area contributed by atoms with Crippen LogP contribution in [0.5, 0.6) is 0 Å². The van der Waals surface area contributed by atoms with Crippen LogP contribution in [0, 0.1) is 29.6 Å². The van der Waals surface area contributed by atoms with Gasteiger partial charge in [-0.05, 0) is 119 Å². The first-order valence-corrected chi connectivity index (χ1v) is 24.9. The zero-order valence-electron chi connectivity index (χ0n) is 42.3. The number of Topliss-reactive ketones (excluding diaryl/α,β-unsaturated/α-hetero) is 2. The molecule has 2 aromatic rings. The van der Waals surface area contributed by atoms with Crippen molar-refractivity contribution in [1.82, 2.24) is 9.47 Å². The van der Waals surface area contributed by atoms with Crippen molar-refractivity contribution in [3.63, 3.8) is 0 Å². The number of methoxy groups -OCH3 is 3. The molecule has 15 unspecified atom stereocenters. The maximum Gasteiger partial charge on any atom is 0.329 e. The van der Waals surface area contributed by atoms with E-state index in [1.807, 2.05) is 27.8 Å². The van der Waals surface area contributed by atoms with E-state index in [1.54, 1.807) is 34.0 Å². The van der Waals surface area contributed by atoms with E-state index in [1.165, 1.54) is 19.1 Å². The molecule has 3 fully saturated rings. The normalized spacial score (nSPS) is 37.5. The zero-order chi connectivity index (χ0) is 49.8. The number of cyclic esters (lactones) is 1. The van der Waals surface area contributed by atoms with Crippen molar-refractivity contribution < 1.29 is 58.2 Å². The molecule has 15 atom stereocenters. The summed E-state index contributed by atoms with van der Waals surface area (Å²) in [5.74, 6) is -8.47. The molecule has 0 spiro atoms. The molecule has 4 aliphatic rings. The fourth-order valence-electron chi connectivity index (χ4n) is 11.4. The van der Waals surface area contributed by atoms with Gasteiger partial charge in [0.05, 0.1) is 36.6 Å². The Morgan fingerprint density at radius 3 is 2.31 bits per heavy atom. The number of fused-ring (bicyclic) bond motifs is 4. The van der Waals surface area contributed by atoms with E-state index in [-0.39, 0.29) is 56.1 Å². The maximum atomic E-state index is 14.6. The number of aromatic nitrogens is 1. The molecule has 3 N–H and O–H groups in total. The van der Waals surface area contributed by atoms with Gasteiger partial charge in [0, 0.05) is 88.9 Å². The van der Waals surface area contributed by atoms with Gasteiger partial charge in [-0.15, -0.1) is 0 Å². The van der Waals surface area contributed by atoms with Gasteiger partial charge in [-0.25, -0.2) is 4.79 Å². The molecule has 378 valence electrons. The van der Waals surface area contributed by atoms with Crippen molar-refractivity contribution >= 4 is 40.0 Å². The second-order valence-corrected chi connectivity index (χ2v) is 20.4. The monoisotopic (exact) mass is 950 g/mol. The standard InChI is InChI=1S/C53H79N3O12/c1-12-36-24-30(2)47(59)31(3)25-45(65-10)49-46(66-11)26-33(5)53(63,68-49)50(60)51(61)56-21-14-13-15-41(56)52(62)67-48(34(6)42(57)29-43(36)58)32(4)23-35-16-18-40(44(27-35)64-9)55(8)38-17-19-39-37(28-38)20-22-54(39)7/h17,19-20,22-24,28,31,33-36,40-42,44-49,57,59,63H,12-16,18,21,25-27,29H2,1-11H3/b30-24+,32-23?. The smallest absolute Gasteiger partial charge is 0.329 e. The zero-order valence-corrected chi connectivity index (χ0v) is 42.3. The Bertz CT molecular complexity index is 2150. The number of ether oxygens (including phenoxy) is 5. The number of hydrogen-bond donors (Lipinski definition) is 3. The first-order valence-electron chi connectivity index (χ1n) is 24.9. The molecule has 2 bridgehead atoms. The van der Waals surface area contributed by atoms with Gasteiger partial charge in [-0.1, -0.05) is 39.8 Å². The van der Waals surface area contributed by atoms with Crippen LogP contribution in [-0.4, -0.2) is 144 Å². The second kappa shape index (κ2) is 22.9. The number of aliphatic hydroxyl groups excluding tert-OH is 2. The lowest BCUT2D eigenvalue weighted by molar-refractivity contribution is -0.302. The predicted molar refractivity (Wildman–Crippen MR) is 259 cm³/mol. The number of esters is 1. The summed E-state index contributed by atoms with van der Waals surface area (Å²) >= 11 is 0. The number of piperidine rings is 1. The van der Waals surface area contributed by atoms with E-state index in [4.69, 9.17) is 23.7 Å². The maximum absolute atomic E-state index is 14.6. The summed E-state index contributed by atoms with van der Waals surface area (Å²) in [5, 5.41) is 36.8. The quantitative estimate of drug-likeness (QED) is 0.157. The van der Waals surface area contributed by atoms with Crippen LogP contribution in [0.1, 0.15) is 106 Å². The van der Waals surface area contributed by atoms with Gasteiger partial charge in [-0.3, -0.25) is 14.4 Å². The van der Waals surface area contributed by atoms with E-state index >= 15 is 0 Å². The molecule has 1 aliphatic carbocycles. The third kappa shape index (κ3) is 11.3. The van der Waals surface area contributed by atoms with Gasteiger partial charge in [0.15, 0.2) is 0 Å². The van der Waals surface area contributed by atoms with Crippen molar-refractivity contribution in [2.75, 3.05) is 39.8 Å². The Hall–Kier alpha value is -3.96. The minimum absolute atomic E-state index is 0.0327. The number of ketones is 2. The van der Waals surface area contributed by atoms with E-state index in [2.05, 4.69) is 53.1 Å². The van der Waals surface area contributed by atoms with Crippen LogP contribution in [0.25, 0.3) is 10.9 Å². The Morgan fingerprint density at radius 1 is 0.941 bits per heavy atom. The molecular formula is C53H79N3O12. The Morgan fingerprint density at radius 2 is 1.63 bits per heavy atom. The molecule has 1 amide bonds. The average molecular weight is 950 g/mol. The number of likely N-dealkylation sites (N-methyl/N-ethyl adjacent to an activating group) is 1. The first-order chi connectivity index (χ1) is 32.3. The highest BCUT2D eigenvalue weighted by Crippen LogP contribution is 2.40. The summed E-state index contributed by atoms with van der Waals surface area (Å²) in [4.78, 5) is 61.0. The molecule has 68 heavy (non-hydrogen) atoms. The number of aliphatic hydroxyl groups is 3. The number of hydrogen-bond acceptors (Lipinski definition) is 13. The summed E-state index contributed by atoms with van der Waals surface area (Å²) < 4.78 is 32.6. The first kappa shape index (κ1) is 53.4. The Balaban J connectivity index is 1.32. The highest BCUT2D eigenvalue weighted by Gasteiger charge is 2.57. The van der Waals surface area contributed by atoms with Crippen molar-refractivity contribution in [2.24, 2.45) is 36.6 Å². The lowest BCUT2D eigenvalue weighted by Gasteiger charge is -2.47. The van der Waals surface area contributed by atoms with Gasteiger partial charge in [0.25, 0.3) is 11.7 Å². The number of nitrogens with zero attached hydrogens (tertiary/aromatic N) is 3. The van der Waals surface area contributed by atoms with Gasteiger partial charge >= 0.3 is 5.97 Å². The molecule has 1 aromatic heterocycles. The number of rotatable bonds is 8. The van der Waals surface area contributed by atoms with Crippen LogP contribution in [0.3, 0.4) is 0 Å². The fraction of sp³-hybridized carbons (Fsp3) is 0.698. The molecule has 15 heteroatoms. The number of benzene rings is 1. The highest BCUT2D eigenvalue weighted by atomic mass is 16.7. The number of amides is 1.